The topological polar surface area (TPSA) is 26.3 Å². The van der Waals surface area contributed by atoms with Crippen molar-refractivity contribution in [3.63, 3.8) is 0 Å². The van der Waals surface area contributed by atoms with Gasteiger partial charge in [0.15, 0.2) is 0 Å². The molecule has 0 spiro atoms. The van der Waals surface area contributed by atoms with Crippen LogP contribution in [0.4, 0.5) is 0 Å². The summed E-state index contributed by atoms with van der Waals surface area (Å²) in [4.78, 5) is 11.1. The molecule has 134 valence electrons. The Balaban J connectivity index is 1.57. The fourth-order valence-corrected chi connectivity index (χ4v) is 4.90. The molecule has 23 heavy (non-hydrogen) atoms. The molecule has 2 rings (SSSR count). The van der Waals surface area contributed by atoms with Crippen molar-refractivity contribution >= 4 is 5.97 Å². The van der Waals surface area contributed by atoms with Crippen LogP contribution in [-0.2, 0) is 9.53 Å². The molecule has 0 bridgehead atoms. The second-order valence-electron chi connectivity index (χ2n) is 8.13. The van der Waals surface area contributed by atoms with Crippen molar-refractivity contribution in [1.82, 2.24) is 0 Å². The zero-order chi connectivity index (χ0) is 16.5. The van der Waals surface area contributed by atoms with Gasteiger partial charge < -0.3 is 4.74 Å². The Labute approximate surface area is 143 Å². The SMILES string of the molecule is CCCCCCCC1CCC(C2CCC(OC(C)=O)CC2)CC1. The van der Waals surface area contributed by atoms with Crippen molar-refractivity contribution in [1.29, 1.82) is 0 Å². The molecule has 0 atom stereocenters. The Bertz CT molecular complexity index is 323. The molecule has 2 nitrogen and oxygen atoms in total. The van der Waals surface area contributed by atoms with E-state index in [0.29, 0.717) is 0 Å². The minimum absolute atomic E-state index is 0.104. The van der Waals surface area contributed by atoms with E-state index in [9.17, 15) is 4.79 Å². The molecule has 0 radical (unpaired) electrons. The summed E-state index contributed by atoms with van der Waals surface area (Å²) >= 11 is 0. The van der Waals surface area contributed by atoms with Crippen molar-refractivity contribution in [2.75, 3.05) is 0 Å². The summed E-state index contributed by atoms with van der Waals surface area (Å²) in [6.45, 7) is 3.83. The monoisotopic (exact) mass is 322 g/mol. The van der Waals surface area contributed by atoms with E-state index in [2.05, 4.69) is 6.92 Å². The first-order valence-corrected chi connectivity index (χ1v) is 10.4. The van der Waals surface area contributed by atoms with Gasteiger partial charge in [-0.05, 0) is 56.3 Å². The fraction of sp³-hybridized carbons (Fsp3) is 0.952. The van der Waals surface area contributed by atoms with Gasteiger partial charge in [-0.1, -0.05) is 58.3 Å². The number of ether oxygens (including phenoxy) is 1. The first kappa shape index (κ1) is 18.8. The van der Waals surface area contributed by atoms with Crippen LogP contribution < -0.4 is 0 Å². The summed E-state index contributed by atoms with van der Waals surface area (Å²) in [6.07, 6.45) is 19.5. The number of hydrogen-bond acceptors (Lipinski definition) is 2. The molecule has 2 aliphatic carbocycles. The summed E-state index contributed by atoms with van der Waals surface area (Å²) in [6, 6.07) is 0. The molecule has 0 saturated heterocycles. The number of rotatable bonds is 8. The standard InChI is InChI=1S/C21H38O2/c1-3-4-5-6-7-8-18-9-11-19(12-10-18)20-13-15-21(16-14-20)23-17(2)22/h18-21H,3-16H2,1-2H3. The lowest BCUT2D eigenvalue weighted by molar-refractivity contribution is -0.148. The van der Waals surface area contributed by atoms with E-state index in [1.807, 2.05) is 0 Å². The highest BCUT2D eigenvalue weighted by Gasteiger charge is 2.31. The van der Waals surface area contributed by atoms with Gasteiger partial charge in [-0.15, -0.1) is 0 Å². The fourth-order valence-electron chi connectivity index (χ4n) is 4.90. The molecular weight excluding hydrogens is 284 g/mol. The number of esters is 1. The minimum Gasteiger partial charge on any atom is -0.463 e. The van der Waals surface area contributed by atoms with E-state index in [-0.39, 0.29) is 12.1 Å². The summed E-state index contributed by atoms with van der Waals surface area (Å²) in [5, 5.41) is 0. The predicted octanol–water partition coefficient (Wildman–Crippen LogP) is 6.28. The third-order valence-electron chi connectivity index (χ3n) is 6.33. The van der Waals surface area contributed by atoms with Gasteiger partial charge in [0.1, 0.15) is 6.10 Å². The van der Waals surface area contributed by atoms with E-state index in [0.717, 1.165) is 30.6 Å². The quantitative estimate of drug-likeness (QED) is 0.388. The van der Waals surface area contributed by atoms with Gasteiger partial charge in [0.05, 0.1) is 0 Å². The second kappa shape index (κ2) is 10.4. The molecule has 0 aromatic heterocycles. The van der Waals surface area contributed by atoms with E-state index in [4.69, 9.17) is 4.74 Å². The van der Waals surface area contributed by atoms with Crippen molar-refractivity contribution in [3.8, 4) is 0 Å². The molecule has 2 aliphatic rings. The molecule has 0 aromatic rings. The number of carbonyl (C=O) groups is 1. The van der Waals surface area contributed by atoms with Gasteiger partial charge in [0.2, 0.25) is 0 Å². The van der Waals surface area contributed by atoms with Crippen LogP contribution in [0.25, 0.3) is 0 Å². The van der Waals surface area contributed by atoms with Crippen molar-refractivity contribution < 1.29 is 9.53 Å². The molecule has 0 N–H and O–H groups in total. The molecule has 0 unspecified atom stereocenters. The van der Waals surface area contributed by atoms with Gasteiger partial charge in [0, 0.05) is 6.92 Å². The third kappa shape index (κ3) is 6.85. The maximum absolute atomic E-state index is 11.1. The van der Waals surface area contributed by atoms with E-state index < -0.39 is 0 Å². The lowest BCUT2D eigenvalue weighted by Gasteiger charge is -2.37. The van der Waals surface area contributed by atoms with E-state index in [1.165, 1.54) is 84.0 Å². The van der Waals surface area contributed by atoms with Crippen LogP contribution in [-0.4, -0.2) is 12.1 Å². The molecule has 0 heterocycles. The Hall–Kier alpha value is -0.530. The maximum atomic E-state index is 11.1. The van der Waals surface area contributed by atoms with Crippen molar-refractivity contribution in [3.05, 3.63) is 0 Å². The Morgan fingerprint density at radius 2 is 1.39 bits per heavy atom. The molecule has 0 aliphatic heterocycles. The Morgan fingerprint density at radius 1 is 0.826 bits per heavy atom. The predicted molar refractivity (Wildman–Crippen MR) is 96.3 cm³/mol. The number of unbranched alkanes of at least 4 members (excludes halogenated alkanes) is 4. The zero-order valence-electron chi connectivity index (χ0n) is 15.5. The summed E-state index contributed by atoms with van der Waals surface area (Å²) < 4.78 is 5.38. The highest BCUT2D eigenvalue weighted by atomic mass is 16.5. The summed E-state index contributed by atoms with van der Waals surface area (Å²) in [5.41, 5.74) is 0. The highest BCUT2D eigenvalue weighted by Crippen LogP contribution is 2.41. The van der Waals surface area contributed by atoms with E-state index in [1.54, 1.807) is 0 Å². The van der Waals surface area contributed by atoms with Crippen LogP contribution >= 0.6 is 0 Å². The minimum atomic E-state index is -0.104. The lowest BCUT2D eigenvalue weighted by atomic mass is 9.70. The molecule has 2 heteroatoms. The maximum Gasteiger partial charge on any atom is 0.302 e. The first-order valence-electron chi connectivity index (χ1n) is 10.4. The van der Waals surface area contributed by atoms with Gasteiger partial charge >= 0.3 is 5.97 Å². The average molecular weight is 323 g/mol. The van der Waals surface area contributed by atoms with Gasteiger partial charge in [-0.25, -0.2) is 0 Å². The average Bonchev–Trinajstić information content (AvgIpc) is 2.55. The van der Waals surface area contributed by atoms with Crippen molar-refractivity contribution in [2.24, 2.45) is 17.8 Å². The van der Waals surface area contributed by atoms with Gasteiger partial charge in [-0.3, -0.25) is 4.79 Å². The molecular formula is C21H38O2. The number of hydrogen-bond donors (Lipinski definition) is 0. The normalized spacial score (nSPS) is 31.7. The summed E-state index contributed by atoms with van der Waals surface area (Å²) in [7, 11) is 0. The molecule has 0 aromatic carbocycles. The second-order valence-corrected chi connectivity index (χ2v) is 8.13. The van der Waals surface area contributed by atoms with Crippen LogP contribution in [0.3, 0.4) is 0 Å². The van der Waals surface area contributed by atoms with E-state index >= 15 is 0 Å². The molecule has 0 amide bonds. The summed E-state index contributed by atoms with van der Waals surface area (Å²) in [5.74, 6) is 2.79. The van der Waals surface area contributed by atoms with Crippen LogP contribution in [0, 0.1) is 17.8 Å². The van der Waals surface area contributed by atoms with Crippen LogP contribution in [0.5, 0.6) is 0 Å². The smallest absolute Gasteiger partial charge is 0.302 e. The zero-order valence-corrected chi connectivity index (χ0v) is 15.5. The van der Waals surface area contributed by atoms with Crippen LogP contribution in [0.2, 0.25) is 0 Å². The molecule has 2 fully saturated rings. The highest BCUT2D eigenvalue weighted by molar-refractivity contribution is 5.66. The largest absolute Gasteiger partial charge is 0.463 e. The molecule has 2 saturated carbocycles. The van der Waals surface area contributed by atoms with Gasteiger partial charge in [0.25, 0.3) is 0 Å². The first-order chi connectivity index (χ1) is 11.2. The van der Waals surface area contributed by atoms with Gasteiger partial charge in [-0.2, -0.15) is 0 Å². The van der Waals surface area contributed by atoms with Crippen molar-refractivity contribution in [2.45, 2.75) is 110 Å². The van der Waals surface area contributed by atoms with Crippen LogP contribution in [0.1, 0.15) is 104 Å². The number of carbonyl (C=O) groups excluding carboxylic acids is 1. The Kier molecular flexibility index (Phi) is 8.47. The van der Waals surface area contributed by atoms with Crippen LogP contribution in [0.15, 0.2) is 0 Å². The lowest BCUT2D eigenvalue weighted by Crippen LogP contribution is -2.29. The Morgan fingerprint density at radius 3 is 1.96 bits per heavy atom. The third-order valence-corrected chi connectivity index (χ3v) is 6.33.